The van der Waals surface area contributed by atoms with Gasteiger partial charge in [-0.05, 0) is 25.1 Å². The van der Waals surface area contributed by atoms with Crippen LogP contribution in [-0.4, -0.2) is 15.6 Å². The smallest absolute Gasteiger partial charge is 0.347 e. The van der Waals surface area contributed by atoms with E-state index in [4.69, 9.17) is 10.5 Å². The fourth-order valence-electron chi connectivity index (χ4n) is 1.64. The van der Waals surface area contributed by atoms with E-state index in [-0.39, 0.29) is 11.5 Å². The number of anilines is 1. The fraction of sp³-hybridized carbons (Fsp3) is 0.154. The Morgan fingerprint density at radius 1 is 1.44 bits per heavy atom. The highest BCUT2D eigenvalue weighted by Crippen LogP contribution is 2.21. The number of aryl methyl sites for hydroxylation is 1. The topological polar surface area (TPSA) is 77.5 Å². The van der Waals surface area contributed by atoms with Crippen molar-refractivity contribution in [3.05, 3.63) is 42.1 Å². The normalized spacial score (nSPS) is 10.3. The number of rotatable bonds is 3. The third-order valence-electron chi connectivity index (χ3n) is 2.60. The zero-order valence-electron chi connectivity index (χ0n) is 9.96. The molecule has 5 heteroatoms. The molecule has 0 aliphatic carbocycles. The number of esters is 1. The predicted molar refractivity (Wildman–Crippen MR) is 67.6 cm³/mol. The number of phenolic OH excluding ortho intramolecular Hbond substituents is 1. The van der Waals surface area contributed by atoms with Crippen molar-refractivity contribution in [2.24, 2.45) is 0 Å². The molecule has 2 aromatic rings. The van der Waals surface area contributed by atoms with Crippen molar-refractivity contribution in [3.8, 4) is 11.5 Å². The van der Waals surface area contributed by atoms with Crippen molar-refractivity contribution in [3.63, 3.8) is 0 Å². The number of nitrogen functional groups attached to an aromatic ring is 1. The van der Waals surface area contributed by atoms with Gasteiger partial charge in [0.1, 0.15) is 22.9 Å². The van der Waals surface area contributed by atoms with E-state index >= 15 is 0 Å². The van der Waals surface area contributed by atoms with E-state index in [0.717, 1.165) is 0 Å². The summed E-state index contributed by atoms with van der Waals surface area (Å²) in [7, 11) is 0. The van der Waals surface area contributed by atoms with Crippen LogP contribution in [0.5, 0.6) is 11.5 Å². The lowest BCUT2D eigenvalue weighted by atomic mass is 10.3. The number of hydrogen-bond acceptors (Lipinski definition) is 4. The maximum Gasteiger partial charge on any atom is 0.347 e. The lowest BCUT2D eigenvalue weighted by Gasteiger charge is -2.05. The van der Waals surface area contributed by atoms with Crippen LogP contribution in [0.15, 0.2) is 36.5 Å². The van der Waals surface area contributed by atoms with Crippen molar-refractivity contribution in [2.75, 3.05) is 5.73 Å². The van der Waals surface area contributed by atoms with Gasteiger partial charge >= 0.3 is 5.97 Å². The van der Waals surface area contributed by atoms with Gasteiger partial charge in [0.05, 0.1) is 0 Å². The Balaban J connectivity index is 2.19. The maximum absolute atomic E-state index is 11.9. The fourth-order valence-corrected chi connectivity index (χ4v) is 1.64. The molecule has 0 saturated carbocycles. The Bertz CT molecular complexity index is 575. The molecule has 0 aliphatic rings. The van der Waals surface area contributed by atoms with Gasteiger partial charge in [0.25, 0.3) is 0 Å². The highest BCUT2D eigenvalue weighted by molar-refractivity contribution is 5.95. The van der Waals surface area contributed by atoms with Crippen LogP contribution < -0.4 is 10.5 Å². The number of nitrogens with two attached hydrogens (primary N) is 1. The molecule has 0 atom stereocenters. The molecule has 0 amide bonds. The van der Waals surface area contributed by atoms with Gasteiger partial charge in [-0.2, -0.15) is 0 Å². The summed E-state index contributed by atoms with van der Waals surface area (Å²) in [5.41, 5.74) is 6.13. The number of benzene rings is 1. The van der Waals surface area contributed by atoms with Crippen LogP contribution in [-0.2, 0) is 6.54 Å². The molecule has 0 unspecified atom stereocenters. The largest absolute Gasteiger partial charge is 0.508 e. The predicted octanol–water partition coefficient (Wildman–Crippen LogP) is 2.02. The van der Waals surface area contributed by atoms with E-state index in [1.165, 1.54) is 12.1 Å². The van der Waals surface area contributed by atoms with Crippen LogP contribution >= 0.6 is 0 Å². The first-order chi connectivity index (χ1) is 8.61. The summed E-state index contributed by atoms with van der Waals surface area (Å²) < 4.78 is 6.88. The lowest BCUT2D eigenvalue weighted by molar-refractivity contribution is 0.0736. The van der Waals surface area contributed by atoms with Crippen LogP contribution in [0.1, 0.15) is 17.3 Å². The molecule has 0 spiro atoms. The number of aromatic nitrogens is 1. The molecule has 0 saturated heterocycles. The molecule has 2 rings (SSSR count). The summed E-state index contributed by atoms with van der Waals surface area (Å²) in [4.78, 5) is 11.9. The summed E-state index contributed by atoms with van der Waals surface area (Å²) in [6, 6.07) is 7.66. The second kappa shape index (κ2) is 4.83. The monoisotopic (exact) mass is 246 g/mol. The van der Waals surface area contributed by atoms with Gasteiger partial charge in [0.15, 0.2) is 0 Å². The molecule has 1 aromatic carbocycles. The number of carbonyl (C=O) groups excluding carboxylic acids is 1. The minimum atomic E-state index is -0.537. The zero-order valence-corrected chi connectivity index (χ0v) is 9.96. The Hall–Kier alpha value is -2.43. The molecule has 1 aromatic heterocycles. The number of phenols is 1. The second-order valence-electron chi connectivity index (χ2n) is 3.79. The summed E-state index contributed by atoms with van der Waals surface area (Å²) in [6.07, 6.45) is 1.73. The maximum atomic E-state index is 11.9. The summed E-state index contributed by atoms with van der Waals surface area (Å²) in [5.74, 6) is 0.163. The average molecular weight is 246 g/mol. The van der Waals surface area contributed by atoms with Crippen LogP contribution in [0.2, 0.25) is 0 Å². The quantitative estimate of drug-likeness (QED) is 0.641. The Morgan fingerprint density at radius 2 is 2.22 bits per heavy atom. The number of nitrogens with zero attached hydrogens (tertiary/aromatic N) is 1. The van der Waals surface area contributed by atoms with Crippen molar-refractivity contribution in [2.45, 2.75) is 13.5 Å². The first-order valence-corrected chi connectivity index (χ1v) is 5.57. The zero-order chi connectivity index (χ0) is 13.1. The average Bonchev–Trinajstić information content (AvgIpc) is 2.70. The molecule has 0 radical (unpaired) electrons. The van der Waals surface area contributed by atoms with Crippen LogP contribution in [0.3, 0.4) is 0 Å². The number of carbonyl (C=O) groups is 1. The van der Waals surface area contributed by atoms with Crippen LogP contribution in [0.25, 0.3) is 0 Å². The first kappa shape index (κ1) is 12.0. The van der Waals surface area contributed by atoms with Crippen molar-refractivity contribution < 1.29 is 14.6 Å². The Kier molecular flexibility index (Phi) is 3.23. The van der Waals surface area contributed by atoms with Gasteiger partial charge in [0.2, 0.25) is 0 Å². The van der Waals surface area contributed by atoms with E-state index in [9.17, 15) is 9.90 Å². The first-order valence-electron chi connectivity index (χ1n) is 5.57. The van der Waals surface area contributed by atoms with Gasteiger partial charge in [-0.1, -0.05) is 6.07 Å². The van der Waals surface area contributed by atoms with Crippen molar-refractivity contribution in [1.82, 2.24) is 4.57 Å². The highest BCUT2D eigenvalue weighted by atomic mass is 16.5. The molecule has 94 valence electrons. The minimum absolute atomic E-state index is 0.0411. The van der Waals surface area contributed by atoms with Gasteiger partial charge in [-0.15, -0.1) is 0 Å². The van der Waals surface area contributed by atoms with E-state index in [1.54, 1.807) is 29.0 Å². The van der Waals surface area contributed by atoms with Crippen molar-refractivity contribution in [1.29, 1.82) is 0 Å². The Morgan fingerprint density at radius 3 is 2.83 bits per heavy atom. The van der Waals surface area contributed by atoms with Gasteiger partial charge in [-0.3, -0.25) is 0 Å². The lowest BCUT2D eigenvalue weighted by Crippen LogP contribution is -2.11. The van der Waals surface area contributed by atoms with Gasteiger partial charge in [-0.25, -0.2) is 4.79 Å². The third-order valence-corrected chi connectivity index (χ3v) is 2.60. The SMILES string of the molecule is CCn1ccc(C(=O)Oc2cccc(O)c2)c1N. The van der Waals surface area contributed by atoms with E-state index in [1.807, 2.05) is 6.92 Å². The number of ether oxygens (including phenoxy) is 1. The minimum Gasteiger partial charge on any atom is -0.508 e. The molecule has 1 heterocycles. The van der Waals surface area contributed by atoms with Crippen LogP contribution in [0.4, 0.5) is 5.82 Å². The summed E-state index contributed by atoms with van der Waals surface area (Å²) in [5, 5.41) is 9.27. The van der Waals surface area contributed by atoms with E-state index < -0.39 is 5.97 Å². The standard InChI is InChI=1S/C13H14N2O3/c1-2-15-7-6-11(12(15)14)13(17)18-10-5-3-4-9(16)8-10/h3-8,16H,2,14H2,1H3. The van der Waals surface area contributed by atoms with Crippen LogP contribution in [0, 0.1) is 0 Å². The molecule has 0 bridgehead atoms. The summed E-state index contributed by atoms with van der Waals surface area (Å²) in [6.45, 7) is 2.62. The Labute approximate surface area is 104 Å². The molecular formula is C13H14N2O3. The molecular weight excluding hydrogens is 232 g/mol. The molecule has 5 nitrogen and oxygen atoms in total. The second-order valence-corrected chi connectivity index (χ2v) is 3.79. The third kappa shape index (κ3) is 2.29. The van der Waals surface area contributed by atoms with E-state index in [0.29, 0.717) is 17.9 Å². The number of aromatic hydroxyl groups is 1. The highest BCUT2D eigenvalue weighted by Gasteiger charge is 2.15. The van der Waals surface area contributed by atoms with Crippen molar-refractivity contribution >= 4 is 11.8 Å². The molecule has 18 heavy (non-hydrogen) atoms. The molecule has 3 N–H and O–H groups in total. The molecule has 0 aliphatic heterocycles. The van der Waals surface area contributed by atoms with E-state index in [2.05, 4.69) is 0 Å². The van der Waals surface area contributed by atoms with Gasteiger partial charge in [0, 0.05) is 18.8 Å². The summed E-state index contributed by atoms with van der Waals surface area (Å²) >= 11 is 0. The number of hydrogen-bond donors (Lipinski definition) is 2. The molecule has 0 fully saturated rings. The van der Waals surface area contributed by atoms with Gasteiger partial charge < -0.3 is 20.1 Å².